The first kappa shape index (κ1) is 26.7. The number of ether oxygens (including phenoxy) is 3. The largest absolute Gasteiger partial charge is 0.484 e. The van der Waals surface area contributed by atoms with Gasteiger partial charge in [-0.25, -0.2) is 18.4 Å². The Labute approximate surface area is 222 Å². The lowest BCUT2D eigenvalue weighted by atomic mass is 10.1. The van der Waals surface area contributed by atoms with Crippen molar-refractivity contribution in [3.8, 4) is 22.8 Å². The Hall–Kier alpha value is -3.38. The number of halogens is 2. The number of nitrogens with one attached hydrogen (secondary N) is 1. The maximum atomic E-state index is 13.2. The van der Waals surface area contributed by atoms with Crippen molar-refractivity contribution in [3.63, 3.8) is 0 Å². The number of methoxy groups -OCH3 is 2. The summed E-state index contributed by atoms with van der Waals surface area (Å²) >= 11 is 12.2. The van der Waals surface area contributed by atoms with Crippen molar-refractivity contribution in [2.45, 2.75) is 11.8 Å². The summed E-state index contributed by atoms with van der Waals surface area (Å²) in [5.74, 6) is 0.116. The Morgan fingerprint density at radius 2 is 1.78 bits per heavy atom. The van der Waals surface area contributed by atoms with Gasteiger partial charge in [0.2, 0.25) is 11.6 Å². The first-order valence-electron chi connectivity index (χ1n) is 10.8. The van der Waals surface area contributed by atoms with E-state index >= 15 is 0 Å². The van der Waals surface area contributed by atoms with E-state index in [-0.39, 0.29) is 33.8 Å². The fourth-order valence-corrected chi connectivity index (χ4v) is 5.33. The smallest absolute Gasteiger partial charge is 0.300 e. The molecule has 4 aromatic rings. The second-order valence-electron chi connectivity index (χ2n) is 7.83. The van der Waals surface area contributed by atoms with Crippen LogP contribution in [0.25, 0.3) is 16.8 Å². The molecule has 0 saturated heterocycles. The minimum atomic E-state index is -4.13. The molecular weight excluding hydrogens is 543 g/mol. The molecule has 0 fully saturated rings. The lowest BCUT2D eigenvalue weighted by molar-refractivity contribution is 0.145. The van der Waals surface area contributed by atoms with Gasteiger partial charge in [-0.2, -0.15) is 0 Å². The zero-order valence-electron chi connectivity index (χ0n) is 20.0. The third-order valence-electron chi connectivity index (χ3n) is 5.34. The molecule has 0 unspecified atom stereocenters. The van der Waals surface area contributed by atoms with Crippen LogP contribution in [0.3, 0.4) is 0 Å². The van der Waals surface area contributed by atoms with Crippen LogP contribution in [0.15, 0.2) is 58.6 Å². The van der Waals surface area contributed by atoms with Crippen LogP contribution in [0, 0.1) is 6.92 Å². The molecule has 0 bridgehead atoms. The number of fused-ring (bicyclic) bond motifs is 1. The molecule has 1 N–H and O–H groups in total. The van der Waals surface area contributed by atoms with Crippen LogP contribution < -0.4 is 19.8 Å². The molecule has 13 heteroatoms. The molecule has 0 spiro atoms. The molecule has 0 atom stereocenters. The maximum absolute atomic E-state index is 13.2. The number of pyridine rings is 2. The van der Waals surface area contributed by atoms with Gasteiger partial charge in [0, 0.05) is 35.7 Å². The van der Waals surface area contributed by atoms with Gasteiger partial charge in [0.1, 0.15) is 22.8 Å². The minimum absolute atomic E-state index is 0.0314. The van der Waals surface area contributed by atoms with E-state index in [2.05, 4.69) is 14.7 Å². The quantitative estimate of drug-likeness (QED) is 0.300. The van der Waals surface area contributed by atoms with Gasteiger partial charge < -0.3 is 14.2 Å². The molecule has 194 valence electrons. The van der Waals surface area contributed by atoms with Gasteiger partial charge in [-0.3, -0.25) is 13.9 Å². The van der Waals surface area contributed by atoms with E-state index in [1.165, 1.54) is 43.1 Å². The van der Waals surface area contributed by atoms with Crippen LogP contribution in [0.2, 0.25) is 10.0 Å². The molecule has 3 heterocycles. The lowest BCUT2D eigenvalue weighted by Crippen LogP contribution is -2.19. The molecule has 37 heavy (non-hydrogen) atoms. The van der Waals surface area contributed by atoms with E-state index < -0.39 is 15.6 Å². The van der Waals surface area contributed by atoms with Gasteiger partial charge in [0.25, 0.3) is 15.6 Å². The summed E-state index contributed by atoms with van der Waals surface area (Å²) in [7, 11) is -1.23. The van der Waals surface area contributed by atoms with Gasteiger partial charge in [0.05, 0.1) is 24.9 Å². The summed E-state index contributed by atoms with van der Waals surface area (Å²) in [6.07, 6.45) is 4.42. The monoisotopic (exact) mass is 564 g/mol. The average Bonchev–Trinajstić information content (AvgIpc) is 2.87. The maximum Gasteiger partial charge on any atom is 0.300 e. The van der Waals surface area contributed by atoms with E-state index in [1.807, 2.05) is 0 Å². The van der Waals surface area contributed by atoms with Crippen molar-refractivity contribution in [1.82, 2.24) is 14.4 Å². The molecule has 1 aromatic carbocycles. The number of hydrogen-bond donors (Lipinski definition) is 1. The zero-order chi connectivity index (χ0) is 26.7. The standard InChI is InChI=1S/C24H22Cl2N4O6S/c1-14-8-21(18(26)10-17(14)25)37(32,33)29-19-9-16(11-28-23(19)35-3)15-4-5-22-27-12-20(36-7-6-34-2)24(31)30(22)13-15/h4-5,8-13,29H,6-7H2,1-3H3. The van der Waals surface area contributed by atoms with Crippen molar-refractivity contribution in [3.05, 3.63) is 74.9 Å². The number of benzene rings is 1. The number of sulfonamides is 1. The molecule has 0 saturated carbocycles. The second-order valence-corrected chi connectivity index (χ2v) is 10.3. The van der Waals surface area contributed by atoms with Crippen molar-refractivity contribution in [1.29, 1.82) is 0 Å². The van der Waals surface area contributed by atoms with Gasteiger partial charge in [0.15, 0.2) is 0 Å². The van der Waals surface area contributed by atoms with E-state index in [4.69, 9.17) is 37.4 Å². The highest BCUT2D eigenvalue weighted by atomic mass is 35.5. The summed E-state index contributed by atoms with van der Waals surface area (Å²) in [6.45, 7) is 2.19. The molecule has 10 nitrogen and oxygen atoms in total. The lowest BCUT2D eigenvalue weighted by Gasteiger charge is -2.14. The Bertz CT molecular complexity index is 1640. The van der Waals surface area contributed by atoms with E-state index in [9.17, 15) is 13.2 Å². The minimum Gasteiger partial charge on any atom is -0.484 e. The second kappa shape index (κ2) is 10.9. The van der Waals surface area contributed by atoms with E-state index in [0.29, 0.717) is 34.0 Å². The summed E-state index contributed by atoms with van der Waals surface area (Å²) < 4.78 is 45.8. The highest BCUT2D eigenvalue weighted by Crippen LogP contribution is 2.33. The first-order chi connectivity index (χ1) is 17.6. The van der Waals surface area contributed by atoms with Crippen LogP contribution in [-0.2, 0) is 14.8 Å². The van der Waals surface area contributed by atoms with Gasteiger partial charge in [-0.1, -0.05) is 23.2 Å². The van der Waals surface area contributed by atoms with Gasteiger partial charge in [-0.05, 0) is 42.8 Å². The SMILES string of the molecule is COCCOc1cnc2ccc(-c3cnc(OC)c(NS(=O)(=O)c4cc(C)c(Cl)cc4Cl)c3)cn2c1=O. The van der Waals surface area contributed by atoms with Gasteiger partial charge >= 0.3 is 0 Å². The Morgan fingerprint density at radius 3 is 2.51 bits per heavy atom. The zero-order valence-corrected chi connectivity index (χ0v) is 22.3. The van der Waals surface area contributed by atoms with Gasteiger partial charge in [-0.15, -0.1) is 0 Å². The van der Waals surface area contributed by atoms with Crippen molar-refractivity contribution >= 4 is 44.6 Å². The molecule has 4 rings (SSSR count). The molecule has 0 radical (unpaired) electrons. The molecule has 0 aliphatic heterocycles. The summed E-state index contributed by atoms with van der Waals surface area (Å²) in [6, 6.07) is 7.67. The molecule has 3 aromatic heterocycles. The first-order valence-corrected chi connectivity index (χ1v) is 13.0. The number of anilines is 1. The van der Waals surface area contributed by atoms with Crippen LogP contribution >= 0.6 is 23.2 Å². The number of aryl methyl sites for hydroxylation is 1. The normalized spacial score (nSPS) is 11.5. The Balaban J connectivity index is 1.74. The fraction of sp³-hybridized carbons (Fsp3) is 0.208. The summed E-state index contributed by atoms with van der Waals surface area (Å²) in [4.78, 5) is 21.2. The van der Waals surface area contributed by atoms with E-state index in [0.717, 1.165) is 0 Å². The van der Waals surface area contributed by atoms with Crippen molar-refractivity contribution < 1.29 is 22.6 Å². The fourth-order valence-electron chi connectivity index (χ4n) is 3.45. The molecule has 0 aliphatic rings. The Morgan fingerprint density at radius 1 is 1.00 bits per heavy atom. The third-order valence-corrected chi connectivity index (χ3v) is 7.58. The summed E-state index contributed by atoms with van der Waals surface area (Å²) in [5, 5.41) is 0.314. The Kier molecular flexibility index (Phi) is 7.88. The predicted molar refractivity (Wildman–Crippen MR) is 141 cm³/mol. The summed E-state index contributed by atoms with van der Waals surface area (Å²) in [5.41, 5.74) is 1.70. The van der Waals surface area contributed by atoms with Crippen LogP contribution in [0.1, 0.15) is 5.56 Å². The van der Waals surface area contributed by atoms with Crippen molar-refractivity contribution in [2.24, 2.45) is 0 Å². The molecule has 0 aliphatic carbocycles. The van der Waals surface area contributed by atoms with Crippen LogP contribution in [0.5, 0.6) is 11.6 Å². The van der Waals surface area contributed by atoms with Crippen LogP contribution in [0.4, 0.5) is 5.69 Å². The van der Waals surface area contributed by atoms with Crippen molar-refractivity contribution in [2.75, 3.05) is 32.2 Å². The molecule has 0 amide bonds. The topological polar surface area (TPSA) is 121 Å². The third kappa shape index (κ3) is 5.64. The van der Waals surface area contributed by atoms with E-state index in [1.54, 1.807) is 31.3 Å². The highest BCUT2D eigenvalue weighted by Gasteiger charge is 2.22. The molecular formula is C24H22Cl2N4O6S. The number of hydrogen-bond acceptors (Lipinski definition) is 8. The van der Waals surface area contributed by atoms with Crippen LogP contribution in [-0.4, -0.2) is 50.2 Å². The predicted octanol–water partition coefficient (Wildman–Crippen LogP) is 4.21. The average molecular weight is 565 g/mol. The number of rotatable bonds is 9. The number of nitrogens with zero attached hydrogens (tertiary/aromatic N) is 3. The highest BCUT2D eigenvalue weighted by molar-refractivity contribution is 7.92. The number of aromatic nitrogens is 3.